The molecule has 0 aliphatic heterocycles. The van der Waals surface area contributed by atoms with Crippen LogP contribution in [0.4, 0.5) is 11.4 Å². The van der Waals surface area contributed by atoms with Crippen LogP contribution < -0.4 is 30.3 Å². The Labute approximate surface area is 227 Å². The lowest BCUT2D eigenvalue weighted by Gasteiger charge is -2.12. The first kappa shape index (κ1) is 28.7. The molecule has 10 heteroatoms. The van der Waals surface area contributed by atoms with Gasteiger partial charge in [0.2, 0.25) is 0 Å². The van der Waals surface area contributed by atoms with Gasteiger partial charge in [-0.3, -0.25) is 14.4 Å². The molecule has 3 aromatic carbocycles. The summed E-state index contributed by atoms with van der Waals surface area (Å²) in [6.07, 6.45) is 3.34. The molecule has 10 nitrogen and oxygen atoms in total. The molecule has 0 spiro atoms. The second kappa shape index (κ2) is 14.8. The van der Waals surface area contributed by atoms with Gasteiger partial charge < -0.3 is 24.8 Å². The highest BCUT2D eigenvalue weighted by Crippen LogP contribution is 2.27. The van der Waals surface area contributed by atoms with Crippen LogP contribution in [0.1, 0.15) is 30.9 Å². The summed E-state index contributed by atoms with van der Waals surface area (Å²) in [5.41, 5.74) is 4.87. The van der Waals surface area contributed by atoms with Gasteiger partial charge in [-0.05, 0) is 73.0 Å². The third-order valence-corrected chi connectivity index (χ3v) is 5.43. The smallest absolute Gasteiger partial charge is 0.329 e. The van der Waals surface area contributed by atoms with Crippen LogP contribution in [0.2, 0.25) is 0 Å². The molecule has 3 rings (SSSR count). The van der Waals surface area contributed by atoms with Crippen molar-refractivity contribution in [1.29, 1.82) is 0 Å². The summed E-state index contributed by atoms with van der Waals surface area (Å²) in [4.78, 5) is 36.5. The van der Waals surface area contributed by atoms with Crippen molar-refractivity contribution in [3.8, 4) is 17.2 Å². The number of para-hydroxylation sites is 1. The first-order chi connectivity index (χ1) is 18.9. The molecule has 0 aromatic heterocycles. The first-order valence-corrected chi connectivity index (χ1v) is 12.4. The van der Waals surface area contributed by atoms with Gasteiger partial charge in [0.25, 0.3) is 5.91 Å². The number of aryl methyl sites for hydroxylation is 1. The SMILES string of the molecule is CCCCOc1ccc(NC(=O)C(=O)N/N=C\c2ccc(OCC(=O)Nc3ccccc3C)c(OC)c2)cc1. The molecule has 0 radical (unpaired) electrons. The highest BCUT2D eigenvalue weighted by atomic mass is 16.5. The predicted molar refractivity (Wildman–Crippen MR) is 150 cm³/mol. The Hall–Kier alpha value is -4.86. The van der Waals surface area contributed by atoms with Crippen LogP contribution in [0.15, 0.2) is 71.8 Å². The van der Waals surface area contributed by atoms with Gasteiger partial charge in [0.15, 0.2) is 18.1 Å². The lowest BCUT2D eigenvalue weighted by Crippen LogP contribution is -2.32. The molecular formula is C29H32N4O6. The minimum absolute atomic E-state index is 0.210. The zero-order chi connectivity index (χ0) is 28.0. The number of nitrogens with one attached hydrogen (secondary N) is 3. The number of methoxy groups -OCH3 is 1. The average Bonchev–Trinajstić information content (AvgIpc) is 2.94. The lowest BCUT2D eigenvalue weighted by atomic mass is 10.2. The Bertz CT molecular complexity index is 1310. The maximum Gasteiger partial charge on any atom is 0.329 e. The fourth-order valence-corrected chi connectivity index (χ4v) is 3.30. The Kier molecular flexibility index (Phi) is 10.9. The number of hydrogen-bond acceptors (Lipinski definition) is 7. The van der Waals surface area contributed by atoms with Crippen molar-refractivity contribution in [3.05, 3.63) is 77.9 Å². The van der Waals surface area contributed by atoms with E-state index in [0.29, 0.717) is 40.8 Å². The summed E-state index contributed by atoms with van der Waals surface area (Å²) in [6.45, 7) is 4.39. The van der Waals surface area contributed by atoms with Gasteiger partial charge in [0.1, 0.15) is 5.75 Å². The van der Waals surface area contributed by atoms with Crippen LogP contribution in [0, 0.1) is 6.92 Å². The summed E-state index contributed by atoms with van der Waals surface area (Å²) in [6, 6.07) is 19.1. The van der Waals surface area contributed by atoms with E-state index >= 15 is 0 Å². The number of hydrogen-bond donors (Lipinski definition) is 3. The van der Waals surface area contributed by atoms with E-state index in [0.717, 1.165) is 18.4 Å². The fraction of sp³-hybridized carbons (Fsp3) is 0.241. The van der Waals surface area contributed by atoms with E-state index in [2.05, 4.69) is 28.1 Å². The van der Waals surface area contributed by atoms with E-state index in [1.807, 2.05) is 31.2 Å². The molecule has 0 unspecified atom stereocenters. The molecule has 0 aliphatic carbocycles. The summed E-state index contributed by atoms with van der Waals surface area (Å²) in [5.74, 6) is -0.686. The number of carbonyl (C=O) groups excluding carboxylic acids is 3. The molecule has 0 heterocycles. The van der Waals surface area contributed by atoms with Gasteiger partial charge in [-0.25, -0.2) is 5.43 Å². The summed E-state index contributed by atoms with van der Waals surface area (Å²) in [7, 11) is 1.46. The Morgan fingerprint density at radius 3 is 2.38 bits per heavy atom. The average molecular weight is 533 g/mol. The molecule has 3 amide bonds. The minimum Gasteiger partial charge on any atom is -0.494 e. The number of ether oxygens (including phenoxy) is 3. The molecule has 0 saturated carbocycles. The number of benzene rings is 3. The molecule has 0 saturated heterocycles. The topological polar surface area (TPSA) is 127 Å². The molecule has 39 heavy (non-hydrogen) atoms. The van der Waals surface area contributed by atoms with Crippen LogP contribution in [0.25, 0.3) is 0 Å². The van der Waals surface area contributed by atoms with E-state index in [4.69, 9.17) is 14.2 Å². The van der Waals surface area contributed by atoms with Crippen LogP contribution in [-0.2, 0) is 14.4 Å². The Morgan fingerprint density at radius 1 is 0.897 bits per heavy atom. The maximum absolute atomic E-state index is 12.3. The van der Waals surface area contributed by atoms with Crippen molar-refractivity contribution in [3.63, 3.8) is 0 Å². The van der Waals surface area contributed by atoms with Crippen molar-refractivity contribution in [2.24, 2.45) is 5.10 Å². The summed E-state index contributed by atoms with van der Waals surface area (Å²) >= 11 is 0. The highest BCUT2D eigenvalue weighted by Gasteiger charge is 2.13. The zero-order valence-electron chi connectivity index (χ0n) is 22.2. The number of carbonyl (C=O) groups is 3. The normalized spacial score (nSPS) is 10.5. The largest absolute Gasteiger partial charge is 0.494 e. The zero-order valence-corrected chi connectivity index (χ0v) is 22.2. The molecule has 3 aromatic rings. The van der Waals surface area contributed by atoms with Crippen molar-refractivity contribution in [2.75, 3.05) is 31.0 Å². The van der Waals surface area contributed by atoms with Crippen molar-refractivity contribution < 1.29 is 28.6 Å². The molecule has 0 atom stereocenters. The van der Waals surface area contributed by atoms with E-state index in [1.165, 1.54) is 13.3 Å². The molecule has 204 valence electrons. The summed E-state index contributed by atoms with van der Waals surface area (Å²) < 4.78 is 16.5. The third-order valence-electron chi connectivity index (χ3n) is 5.43. The number of anilines is 2. The van der Waals surface area contributed by atoms with Crippen molar-refractivity contribution in [1.82, 2.24) is 5.43 Å². The molecule has 0 bridgehead atoms. The second-order valence-electron chi connectivity index (χ2n) is 8.44. The van der Waals surface area contributed by atoms with Crippen LogP contribution in [-0.4, -0.2) is 44.3 Å². The number of hydrazone groups is 1. The fourth-order valence-electron chi connectivity index (χ4n) is 3.30. The molecule has 0 fully saturated rings. The quantitative estimate of drug-likeness (QED) is 0.138. The number of rotatable bonds is 12. The highest BCUT2D eigenvalue weighted by molar-refractivity contribution is 6.39. The van der Waals surface area contributed by atoms with Crippen molar-refractivity contribution >= 4 is 35.3 Å². The van der Waals surface area contributed by atoms with Crippen LogP contribution >= 0.6 is 0 Å². The molecule has 3 N–H and O–H groups in total. The van der Waals surface area contributed by atoms with E-state index in [9.17, 15) is 14.4 Å². The Morgan fingerprint density at radius 2 is 1.67 bits per heavy atom. The lowest BCUT2D eigenvalue weighted by molar-refractivity contribution is -0.136. The van der Waals surface area contributed by atoms with Crippen molar-refractivity contribution in [2.45, 2.75) is 26.7 Å². The number of nitrogens with zero attached hydrogens (tertiary/aromatic N) is 1. The van der Waals surface area contributed by atoms with Gasteiger partial charge in [-0.1, -0.05) is 31.5 Å². The van der Waals surface area contributed by atoms with E-state index in [1.54, 1.807) is 42.5 Å². The summed E-state index contributed by atoms with van der Waals surface area (Å²) in [5, 5.41) is 9.13. The second-order valence-corrected chi connectivity index (χ2v) is 8.44. The van der Waals surface area contributed by atoms with Crippen LogP contribution in [0.3, 0.4) is 0 Å². The number of amides is 3. The predicted octanol–water partition coefficient (Wildman–Crippen LogP) is 4.29. The van der Waals surface area contributed by atoms with E-state index in [-0.39, 0.29) is 12.5 Å². The van der Waals surface area contributed by atoms with Gasteiger partial charge in [-0.15, -0.1) is 0 Å². The van der Waals surface area contributed by atoms with Gasteiger partial charge >= 0.3 is 11.8 Å². The molecular weight excluding hydrogens is 500 g/mol. The Balaban J connectivity index is 1.48. The number of unbranched alkanes of at least 4 members (excludes halogenated alkanes) is 1. The van der Waals surface area contributed by atoms with Gasteiger partial charge in [0, 0.05) is 11.4 Å². The van der Waals surface area contributed by atoms with Gasteiger partial charge in [0.05, 0.1) is 19.9 Å². The van der Waals surface area contributed by atoms with Gasteiger partial charge in [-0.2, -0.15) is 5.10 Å². The van der Waals surface area contributed by atoms with E-state index < -0.39 is 11.8 Å². The van der Waals surface area contributed by atoms with Crippen LogP contribution in [0.5, 0.6) is 17.2 Å². The minimum atomic E-state index is -0.930. The maximum atomic E-state index is 12.3. The standard InChI is InChI=1S/C29H32N4O6/c1-4-5-16-38-23-13-11-22(12-14-23)31-28(35)29(36)33-30-18-21-10-15-25(26(17-21)37-3)39-19-27(34)32-24-9-7-6-8-20(24)2/h6-15,17-18H,4-5,16,19H2,1-3H3,(H,31,35)(H,32,34)(H,33,36)/b30-18-. The first-order valence-electron chi connectivity index (χ1n) is 12.4. The monoisotopic (exact) mass is 532 g/mol. The third kappa shape index (κ3) is 9.19. The molecule has 0 aliphatic rings.